The number of rotatable bonds is 4. The molecule has 1 aromatic carbocycles. The van der Waals surface area contributed by atoms with Crippen molar-refractivity contribution in [1.29, 1.82) is 0 Å². The van der Waals surface area contributed by atoms with Crippen LogP contribution in [0.25, 0.3) is 0 Å². The van der Waals surface area contributed by atoms with Crippen molar-refractivity contribution < 1.29 is 18.7 Å². The minimum Gasteiger partial charge on any atom is -0.481 e. The molecule has 0 spiro atoms. The molecule has 0 aromatic heterocycles. The van der Waals surface area contributed by atoms with E-state index in [0.717, 1.165) is 10.0 Å². The van der Waals surface area contributed by atoms with Gasteiger partial charge in [-0.3, -0.25) is 4.79 Å². The Balaban J connectivity index is 2.20. The number of carboxylic acid groups (broad SMARTS) is 1. The summed E-state index contributed by atoms with van der Waals surface area (Å²) in [6.45, 7) is -0.405. The molecule has 0 bridgehead atoms. The zero-order valence-electron chi connectivity index (χ0n) is 10.1. The van der Waals surface area contributed by atoms with Crippen LogP contribution in [0.3, 0.4) is 0 Å². The van der Waals surface area contributed by atoms with Gasteiger partial charge in [0.25, 0.3) is 5.92 Å². The average Bonchev–Trinajstić information content (AvgIpc) is 2.65. The maximum atomic E-state index is 13.7. The summed E-state index contributed by atoms with van der Waals surface area (Å²) in [5.41, 5.74) is 0.740. The van der Waals surface area contributed by atoms with E-state index in [1.54, 1.807) is 18.2 Å². The molecule has 2 rings (SSSR count). The summed E-state index contributed by atoms with van der Waals surface area (Å²) in [6, 6.07) is 7.09. The van der Waals surface area contributed by atoms with Crippen LogP contribution < -0.4 is 5.32 Å². The third-order valence-electron chi connectivity index (χ3n) is 3.41. The highest BCUT2D eigenvalue weighted by Gasteiger charge is 2.50. The van der Waals surface area contributed by atoms with E-state index < -0.39 is 30.3 Å². The highest BCUT2D eigenvalue weighted by atomic mass is 79.9. The predicted octanol–water partition coefficient (Wildman–Crippen LogP) is 2.55. The molecule has 0 saturated carbocycles. The molecule has 0 radical (unpaired) electrons. The van der Waals surface area contributed by atoms with Gasteiger partial charge in [-0.25, -0.2) is 8.78 Å². The minimum absolute atomic E-state index is 0.0397. The van der Waals surface area contributed by atoms with Crippen molar-refractivity contribution in [2.45, 2.75) is 12.3 Å². The largest absolute Gasteiger partial charge is 0.481 e. The molecule has 104 valence electrons. The summed E-state index contributed by atoms with van der Waals surface area (Å²) in [7, 11) is 0. The normalized spacial score (nSPS) is 23.2. The standard InChI is InChI=1S/C13H14BrF2NO2/c14-9-3-1-2-8(4-9)5-10(12(18)19)11-6-17-7-13(11,15)16/h1-4,10-11,17H,5-7H2,(H,18,19)/t10-,11?/m0/s1. The topological polar surface area (TPSA) is 49.3 Å². The highest BCUT2D eigenvalue weighted by Crippen LogP contribution is 2.35. The molecule has 1 heterocycles. The Morgan fingerprint density at radius 1 is 1.58 bits per heavy atom. The monoisotopic (exact) mass is 333 g/mol. The molecule has 1 fully saturated rings. The number of benzene rings is 1. The zero-order chi connectivity index (χ0) is 14.0. The number of nitrogens with one attached hydrogen (secondary N) is 1. The molecule has 19 heavy (non-hydrogen) atoms. The summed E-state index contributed by atoms with van der Waals surface area (Å²) in [5, 5.41) is 11.8. The molecule has 1 aliphatic rings. The second-order valence-corrected chi connectivity index (χ2v) is 5.69. The molecule has 0 amide bonds. The van der Waals surface area contributed by atoms with Gasteiger partial charge in [0.1, 0.15) is 0 Å². The Morgan fingerprint density at radius 2 is 2.32 bits per heavy atom. The molecule has 1 unspecified atom stereocenters. The Hall–Kier alpha value is -1.01. The summed E-state index contributed by atoms with van der Waals surface area (Å²) in [4.78, 5) is 11.3. The first-order valence-electron chi connectivity index (χ1n) is 5.96. The van der Waals surface area contributed by atoms with Gasteiger partial charge in [0.05, 0.1) is 18.4 Å². The van der Waals surface area contributed by atoms with Gasteiger partial charge in [0.15, 0.2) is 0 Å². The maximum absolute atomic E-state index is 13.7. The Labute approximate surface area is 118 Å². The molecule has 3 nitrogen and oxygen atoms in total. The lowest BCUT2D eigenvalue weighted by molar-refractivity contribution is -0.148. The van der Waals surface area contributed by atoms with Gasteiger partial charge < -0.3 is 10.4 Å². The van der Waals surface area contributed by atoms with Crippen LogP contribution in [0.5, 0.6) is 0 Å². The van der Waals surface area contributed by atoms with Crippen molar-refractivity contribution in [2.24, 2.45) is 11.8 Å². The first kappa shape index (κ1) is 14.4. The van der Waals surface area contributed by atoms with Crippen LogP contribution in [0, 0.1) is 11.8 Å². The van der Waals surface area contributed by atoms with Crippen LogP contribution in [0.2, 0.25) is 0 Å². The van der Waals surface area contributed by atoms with E-state index >= 15 is 0 Å². The van der Waals surface area contributed by atoms with E-state index in [2.05, 4.69) is 21.2 Å². The molecular weight excluding hydrogens is 320 g/mol. The van der Waals surface area contributed by atoms with Crippen LogP contribution in [-0.4, -0.2) is 30.1 Å². The number of hydrogen-bond acceptors (Lipinski definition) is 2. The van der Waals surface area contributed by atoms with Crippen LogP contribution in [0.4, 0.5) is 8.78 Å². The molecule has 1 aliphatic heterocycles. The lowest BCUT2D eigenvalue weighted by atomic mass is 9.84. The summed E-state index contributed by atoms with van der Waals surface area (Å²) in [5.74, 6) is -6.38. The van der Waals surface area contributed by atoms with Gasteiger partial charge in [0, 0.05) is 11.0 Å². The van der Waals surface area contributed by atoms with E-state index in [1.165, 1.54) is 0 Å². The lowest BCUT2D eigenvalue weighted by Crippen LogP contribution is -2.37. The number of halogens is 3. The number of hydrogen-bond donors (Lipinski definition) is 2. The van der Waals surface area contributed by atoms with Crippen LogP contribution in [0.15, 0.2) is 28.7 Å². The van der Waals surface area contributed by atoms with Crippen molar-refractivity contribution in [3.63, 3.8) is 0 Å². The van der Waals surface area contributed by atoms with Crippen LogP contribution in [-0.2, 0) is 11.2 Å². The first-order valence-corrected chi connectivity index (χ1v) is 6.75. The molecule has 1 saturated heterocycles. The number of carbonyl (C=O) groups is 1. The van der Waals surface area contributed by atoms with Gasteiger partial charge in [-0.2, -0.15) is 0 Å². The van der Waals surface area contributed by atoms with Gasteiger partial charge >= 0.3 is 5.97 Å². The van der Waals surface area contributed by atoms with E-state index in [4.69, 9.17) is 0 Å². The Morgan fingerprint density at radius 3 is 2.84 bits per heavy atom. The third-order valence-corrected chi connectivity index (χ3v) is 3.91. The molecule has 0 aliphatic carbocycles. The second-order valence-electron chi connectivity index (χ2n) is 4.78. The van der Waals surface area contributed by atoms with E-state index in [1.807, 2.05) is 6.07 Å². The number of alkyl halides is 2. The Bertz CT molecular complexity index is 481. The lowest BCUT2D eigenvalue weighted by Gasteiger charge is -2.24. The SMILES string of the molecule is O=C(O)[C@@H](Cc1cccc(Br)c1)C1CNCC1(F)F. The van der Waals surface area contributed by atoms with Gasteiger partial charge in [-0.05, 0) is 24.1 Å². The molecule has 2 atom stereocenters. The van der Waals surface area contributed by atoms with Crippen molar-refractivity contribution in [3.05, 3.63) is 34.3 Å². The molecule has 1 aromatic rings. The minimum atomic E-state index is -2.96. The zero-order valence-corrected chi connectivity index (χ0v) is 11.7. The third kappa shape index (κ3) is 3.30. The molecular formula is C13H14BrF2NO2. The fraction of sp³-hybridized carbons (Fsp3) is 0.462. The highest BCUT2D eigenvalue weighted by molar-refractivity contribution is 9.10. The smallest absolute Gasteiger partial charge is 0.307 e. The van der Waals surface area contributed by atoms with E-state index in [9.17, 15) is 18.7 Å². The van der Waals surface area contributed by atoms with Crippen molar-refractivity contribution >= 4 is 21.9 Å². The summed E-state index contributed by atoms with van der Waals surface area (Å²) in [6.07, 6.45) is 0.108. The summed E-state index contributed by atoms with van der Waals surface area (Å²) >= 11 is 3.29. The molecule has 2 N–H and O–H groups in total. The maximum Gasteiger partial charge on any atom is 0.307 e. The quantitative estimate of drug-likeness (QED) is 0.890. The second kappa shape index (κ2) is 5.54. The van der Waals surface area contributed by atoms with Crippen molar-refractivity contribution in [2.75, 3.05) is 13.1 Å². The van der Waals surface area contributed by atoms with Crippen molar-refractivity contribution in [3.8, 4) is 0 Å². The number of carboxylic acids is 1. The van der Waals surface area contributed by atoms with Crippen molar-refractivity contribution in [1.82, 2.24) is 5.32 Å². The Kier molecular flexibility index (Phi) is 4.20. The van der Waals surface area contributed by atoms with E-state index in [0.29, 0.717) is 0 Å². The fourth-order valence-corrected chi connectivity index (χ4v) is 2.88. The number of aliphatic carboxylic acids is 1. The average molecular weight is 334 g/mol. The van der Waals surface area contributed by atoms with Crippen LogP contribution >= 0.6 is 15.9 Å². The summed E-state index contributed by atoms with van der Waals surface area (Å²) < 4.78 is 28.1. The van der Waals surface area contributed by atoms with Gasteiger partial charge in [-0.1, -0.05) is 28.1 Å². The van der Waals surface area contributed by atoms with Gasteiger partial charge in [-0.15, -0.1) is 0 Å². The fourth-order valence-electron chi connectivity index (χ4n) is 2.43. The predicted molar refractivity (Wildman–Crippen MR) is 70.3 cm³/mol. The van der Waals surface area contributed by atoms with Crippen LogP contribution in [0.1, 0.15) is 5.56 Å². The van der Waals surface area contributed by atoms with Gasteiger partial charge in [0.2, 0.25) is 0 Å². The van der Waals surface area contributed by atoms with E-state index in [-0.39, 0.29) is 13.0 Å². The first-order chi connectivity index (χ1) is 8.90. The molecule has 6 heteroatoms.